The molecule has 0 bridgehead atoms. The fourth-order valence-electron chi connectivity index (χ4n) is 3.90. The zero-order valence-corrected chi connectivity index (χ0v) is 28.3. The molecule has 5 heteroatoms. The molecular weight excluding hydrogens is 587 g/mol. The summed E-state index contributed by atoms with van der Waals surface area (Å²) in [5, 5.41) is 19.8. The van der Waals surface area contributed by atoms with Crippen LogP contribution in [0.15, 0.2) is 36.0 Å². The largest absolute Gasteiger partial charge is 0.388 e. The van der Waals surface area contributed by atoms with Crippen LogP contribution in [0.2, 0.25) is 0 Å². The number of rotatable bonds is 8. The summed E-state index contributed by atoms with van der Waals surface area (Å²) in [4.78, 5) is 0. The van der Waals surface area contributed by atoms with Gasteiger partial charge in [0.15, 0.2) is 0 Å². The van der Waals surface area contributed by atoms with Crippen molar-refractivity contribution < 1.29 is 108 Å². The molecule has 1 unspecified atom stereocenters. The van der Waals surface area contributed by atoms with E-state index >= 15 is 0 Å². The number of aliphatic hydroxyl groups excluding tert-OH is 2. The van der Waals surface area contributed by atoms with Gasteiger partial charge in [-0.15, -0.1) is 0 Å². The summed E-state index contributed by atoms with van der Waals surface area (Å²) < 4.78 is 0. The van der Waals surface area contributed by atoms with Crippen molar-refractivity contribution in [2.45, 2.75) is 98.7 Å². The average molecular weight is 629 g/mol. The Kier molecular flexibility index (Phi) is 21.1. The normalized spacial score (nSPS) is 21.1. The van der Waals surface area contributed by atoms with E-state index in [-0.39, 0.29) is 98.1 Å². The molecule has 1 aliphatic rings. The summed E-state index contributed by atoms with van der Waals surface area (Å²) >= 11 is 0. The minimum atomic E-state index is -0.608. The Bertz CT molecular complexity index is 503. The fourth-order valence-corrected chi connectivity index (χ4v) is 3.90. The molecule has 3 radical (unpaired) electrons. The predicted molar refractivity (Wildman–Crippen MR) is 113 cm³/mol. The smallest absolute Gasteiger partial charge is 0.0809 e. The number of hydrogen-bond acceptors (Lipinski definition) is 2. The van der Waals surface area contributed by atoms with Crippen LogP contribution in [-0.4, -0.2) is 22.4 Å². The zero-order chi connectivity index (χ0) is 20.0. The van der Waals surface area contributed by atoms with Crippen LogP contribution in [0.25, 0.3) is 0 Å². The first-order valence-corrected chi connectivity index (χ1v) is 10.3. The molecule has 0 aliphatic heterocycles. The summed E-state index contributed by atoms with van der Waals surface area (Å²) in [6.07, 6.45) is 12.6. The van der Waals surface area contributed by atoms with E-state index in [1.165, 1.54) is 25.7 Å². The molecule has 0 saturated heterocycles. The van der Waals surface area contributed by atoms with Crippen LogP contribution in [0, 0.1) is 16.7 Å². The molecule has 0 aromatic carbocycles. The Balaban J connectivity index is -0.00000225. The Morgan fingerprint density at radius 2 is 1.55 bits per heavy atom. The molecular formula is C24H42O2Y3. The van der Waals surface area contributed by atoms with E-state index in [1.807, 2.05) is 0 Å². The second-order valence-corrected chi connectivity index (χ2v) is 10.4. The van der Waals surface area contributed by atoms with Crippen LogP contribution in [0.5, 0.6) is 0 Å². The van der Waals surface area contributed by atoms with Gasteiger partial charge in [-0.25, -0.2) is 0 Å². The average Bonchev–Trinajstić information content (AvgIpc) is 2.47. The molecule has 0 aromatic rings. The molecule has 29 heavy (non-hydrogen) atoms. The molecule has 1 rings (SSSR count). The monoisotopic (exact) mass is 629 g/mol. The van der Waals surface area contributed by atoms with Gasteiger partial charge in [0.05, 0.1) is 12.2 Å². The Morgan fingerprint density at radius 3 is 2.03 bits per heavy atom. The van der Waals surface area contributed by atoms with Crippen LogP contribution in [-0.2, 0) is 98.1 Å². The molecule has 0 aromatic heterocycles. The van der Waals surface area contributed by atoms with Crippen molar-refractivity contribution in [2.75, 3.05) is 0 Å². The van der Waals surface area contributed by atoms with Crippen LogP contribution >= 0.6 is 0 Å². The van der Waals surface area contributed by atoms with Gasteiger partial charge in [-0.05, 0) is 54.4 Å². The van der Waals surface area contributed by atoms with Crippen molar-refractivity contribution in [1.29, 1.82) is 0 Å². The Morgan fingerprint density at radius 1 is 1.03 bits per heavy atom. The second-order valence-electron chi connectivity index (χ2n) is 10.4. The van der Waals surface area contributed by atoms with Gasteiger partial charge in [0.2, 0.25) is 0 Å². The summed E-state index contributed by atoms with van der Waals surface area (Å²) in [7, 11) is 0. The maximum atomic E-state index is 9.90. The summed E-state index contributed by atoms with van der Waals surface area (Å²) in [5.74, 6) is 0.758. The Hall–Kier alpha value is 2.45. The van der Waals surface area contributed by atoms with Crippen molar-refractivity contribution >= 4 is 0 Å². The molecule has 1 aliphatic carbocycles. The molecule has 1 fully saturated rings. The van der Waals surface area contributed by atoms with Gasteiger partial charge in [0.1, 0.15) is 0 Å². The van der Waals surface area contributed by atoms with Crippen LogP contribution in [0.4, 0.5) is 0 Å². The third-order valence-corrected chi connectivity index (χ3v) is 5.43. The van der Waals surface area contributed by atoms with E-state index in [2.05, 4.69) is 66.3 Å². The first-order chi connectivity index (χ1) is 11.9. The molecule has 3 atom stereocenters. The van der Waals surface area contributed by atoms with Crippen LogP contribution < -0.4 is 0 Å². The number of aliphatic hydroxyl groups is 2. The van der Waals surface area contributed by atoms with E-state index in [0.29, 0.717) is 29.2 Å². The van der Waals surface area contributed by atoms with Crippen molar-refractivity contribution in [3.63, 3.8) is 0 Å². The van der Waals surface area contributed by atoms with Gasteiger partial charge < -0.3 is 10.2 Å². The molecule has 0 amide bonds. The van der Waals surface area contributed by atoms with E-state index in [0.717, 1.165) is 17.9 Å². The quantitative estimate of drug-likeness (QED) is 0.315. The zero-order valence-electron chi connectivity index (χ0n) is 19.7. The SMILES string of the molecule is C=C1[C@H](O)CC(=C/C=C/CC(C)(C)CC(C)CCCC(C)(C)C)C[C@H]1O.[Y].[Y].[Y]. The molecule has 0 spiro atoms. The van der Waals surface area contributed by atoms with Crippen molar-refractivity contribution in [3.8, 4) is 0 Å². The van der Waals surface area contributed by atoms with Gasteiger partial charge in [0.25, 0.3) is 0 Å². The second kappa shape index (κ2) is 17.0. The van der Waals surface area contributed by atoms with E-state index < -0.39 is 12.2 Å². The summed E-state index contributed by atoms with van der Waals surface area (Å²) in [5.41, 5.74) is 2.39. The van der Waals surface area contributed by atoms with Gasteiger partial charge in [-0.3, -0.25) is 0 Å². The van der Waals surface area contributed by atoms with Crippen molar-refractivity contribution in [2.24, 2.45) is 16.7 Å². The molecule has 0 heterocycles. The van der Waals surface area contributed by atoms with Gasteiger partial charge >= 0.3 is 0 Å². The molecule has 2 nitrogen and oxygen atoms in total. The molecule has 159 valence electrons. The molecule has 2 N–H and O–H groups in total. The van der Waals surface area contributed by atoms with Crippen LogP contribution in [0.3, 0.4) is 0 Å². The summed E-state index contributed by atoms with van der Waals surface area (Å²) in [6.45, 7) is 17.8. The Labute approximate surface area is 256 Å². The van der Waals surface area contributed by atoms with E-state index in [1.54, 1.807) is 0 Å². The third-order valence-electron chi connectivity index (χ3n) is 5.43. The maximum Gasteiger partial charge on any atom is 0.0809 e. The van der Waals surface area contributed by atoms with E-state index in [4.69, 9.17) is 0 Å². The first-order valence-electron chi connectivity index (χ1n) is 10.3. The molecule has 1 saturated carbocycles. The predicted octanol–water partition coefficient (Wildman–Crippen LogP) is 6.19. The van der Waals surface area contributed by atoms with Gasteiger partial charge in [-0.1, -0.05) is 84.8 Å². The number of hydrogen-bond donors (Lipinski definition) is 2. The van der Waals surface area contributed by atoms with Gasteiger partial charge in [-0.2, -0.15) is 0 Å². The third kappa shape index (κ3) is 16.7. The van der Waals surface area contributed by atoms with E-state index in [9.17, 15) is 10.2 Å². The standard InChI is InChI=1S/C24H42O2.3Y/c1-18(11-10-13-23(3,4)5)17-24(6,7)14-9-8-12-20-15-21(25)19(2)22(26)16-20;;;/h8-9,12,18,21-22,25-26H,2,10-11,13-17H2,1,3-7H3;;;/b9-8+;;;/t18?,21-,22-;;;/m1.../s1. The fraction of sp³-hybridized carbons (Fsp3) is 0.750. The van der Waals surface area contributed by atoms with Crippen LogP contribution in [0.1, 0.15) is 86.5 Å². The summed E-state index contributed by atoms with van der Waals surface area (Å²) in [6, 6.07) is 0. The van der Waals surface area contributed by atoms with Crippen molar-refractivity contribution in [3.05, 3.63) is 36.0 Å². The topological polar surface area (TPSA) is 40.5 Å². The maximum absolute atomic E-state index is 9.90. The number of allylic oxidation sites excluding steroid dienone is 3. The minimum absolute atomic E-state index is 0. The van der Waals surface area contributed by atoms with Gasteiger partial charge in [0, 0.05) is 98.1 Å². The first kappa shape index (κ1) is 36.0. The van der Waals surface area contributed by atoms with Crippen molar-refractivity contribution in [1.82, 2.24) is 0 Å². The minimum Gasteiger partial charge on any atom is -0.388 e.